The fourth-order valence-electron chi connectivity index (χ4n) is 0.623. The second kappa shape index (κ2) is 2.39. The van der Waals surface area contributed by atoms with Crippen molar-refractivity contribution in [3.8, 4) is 6.07 Å². The Labute approximate surface area is 62.4 Å². The highest BCUT2D eigenvalue weighted by atomic mass is 16.6. The van der Waals surface area contributed by atoms with Crippen molar-refractivity contribution in [2.24, 2.45) is 0 Å². The van der Waals surface area contributed by atoms with Gasteiger partial charge in [-0.2, -0.15) is 5.26 Å². The summed E-state index contributed by atoms with van der Waals surface area (Å²) in [6, 6.07) is 1.64. The van der Waals surface area contributed by atoms with Crippen molar-refractivity contribution in [3.63, 3.8) is 0 Å². The molecule has 0 fully saturated rings. The van der Waals surface area contributed by atoms with Gasteiger partial charge >= 0.3 is 11.9 Å². The van der Waals surface area contributed by atoms with E-state index < -0.39 is 11.9 Å². The predicted octanol–water partition coefficient (Wildman–Crippen LogP) is 0.0760. The Morgan fingerprint density at radius 1 is 1.64 bits per heavy atom. The van der Waals surface area contributed by atoms with Gasteiger partial charge in [0.1, 0.15) is 0 Å². The lowest BCUT2D eigenvalue weighted by Crippen LogP contribution is -2.02. The summed E-state index contributed by atoms with van der Waals surface area (Å²) < 4.78 is 4.11. The molecule has 4 heteroatoms. The van der Waals surface area contributed by atoms with Crippen molar-refractivity contribution in [1.29, 1.82) is 5.26 Å². The Morgan fingerprint density at radius 3 is 2.64 bits per heavy atom. The maximum Gasteiger partial charge on any atom is 0.347 e. The quantitative estimate of drug-likeness (QED) is 0.300. The number of ether oxygens (including phenoxy) is 1. The van der Waals surface area contributed by atoms with Crippen molar-refractivity contribution >= 4 is 11.9 Å². The lowest BCUT2D eigenvalue weighted by Gasteiger charge is -1.90. The normalized spacial score (nSPS) is 15.4. The highest BCUT2D eigenvalue weighted by molar-refractivity contribution is 6.11. The van der Waals surface area contributed by atoms with Gasteiger partial charge in [-0.15, -0.1) is 0 Å². The monoisotopic (exact) mass is 149 g/mol. The van der Waals surface area contributed by atoms with Crippen molar-refractivity contribution in [3.05, 3.63) is 23.8 Å². The summed E-state index contributed by atoms with van der Waals surface area (Å²) in [5, 5.41) is 8.29. The minimum absolute atomic E-state index is 0.0548. The molecule has 0 aromatic rings. The Bertz CT molecular complexity index is 319. The van der Waals surface area contributed by atoms with Gasteiger partial charge in [0.2, 0.25) is 0 Å². The van der Waals surface area contributed by atoms with Gasteiger partial charge in [0.25, 0.3) is 0 Å². The van der Waals surface area contributed by atoms with Crippen molar-refractivity contribution < 1.29 is 14.3 Å². The molecule has 54 valence electrons. The summed E-state index contributed by atoms with van der Waals surface area (Å²) in [5.41, 5.74) is -0.113. The third kappa shape index (κ3) is 1.17. The first-order chi connectivity index (χ1) is 5.15. The highest BCUT2D eigenvalue weighted by Crippen LogP contribution is 2.14. The lowest BCUT2D eigenvalue weighted by molar-refractivity contribution is -0.150. The maximum atomic E-state index is 10.7. The van der Waals surface area contributed by atoms with Crippen LogP contribution in [0.25, 0.3) is 0 Å². The number of carbonyl (C=O) groups excluding carboxylic acids is 2. The number of carbonyl (C=O) groups is 2. The predicted molar refractivity (Wildman–Crippen MR) is 33.9 cm³/mol. The fourth-order valence-corrected chi connectivity index (χ4v) is 0.623. The van der Waals surface area contributed by atoms with Crippen LogP contribution in [0.1, 0.15) is 0 Å². The first-order valence-electron chi connectivity index (χ1n) is 2.72. The molecule has 0 saturated carbocycles. The summed E-state index contributed by atoms with van der Waals surface area (Å²) in [6.07, 6.45) is 0.952. The first-order valence-corrected chi connectivity index (χ1v) is 2.72. The summed E-state index contributed by atoms with van der Waals surface area (Å²) in [7, 11) is 0. The standard InChI is InChI=1S/C7H3NO3/c1-4(3-8)5-2-6(9)11-7(5)10/h2H,1H2. The molecule has 1 heterocycles. The Hall–Kier alpha value is -1.89. The molecular weight excluding hydrogens is 146 g/mol. The van der Waals surface area contributed by atoms with E-state index >= 15 is 0 Å². The molecule has 0 radical (unpaired) electrons. The molecule has 0 spiro atoms. The second-order valence-electron chi connectivity index (χ2n) is 1.86. The number of esters is 2. The van der Waals surface area contributed by atoms with Gasteiger partial charge in [-0.3, -0.25) is 0 Å². The third-order valence-corrected chi connectivity index (χ3v) is 1.14. The molecular formula is C7H3NO3. The molecule has 0 N–H and O–H groups in total. The van der Waals surface area contributed by atoms with Gasteiger partial charge in [0, 0.05) is 6.08 Å². The largest absolute Gasteiger partial charge is 0.386 e. The third-order valence-electron chi connectivity index (χ3n) is 1.14. The molecule has 0 amide bonds. The lowest BCUT2D eigenvalue weighted by atomic mass is 10.1. The molecule has 0 unspecified atom stereocenters. The number of hydrogen-bond acceptors (Lipinski definition) is 4. The first kappa shape index (κ1) is 7.22. The zero-order valence-electron chi connectivity index (χ0n) is 5.46. The van der Waals surface area contributed by atoms with E-state index in [0.717, 1.165) is 6.08 Å². The van der Waals surface area contributed by atoms with Crippen LogP contribution in [0.2, 0.25) is 0 Å². The van der Waals surface area contributed by atoms with Crippen LogP contribution in [0.15, 0.2) is 23.8 Å². The van der Waals surface area contributed by atoms with Gasteiger partial charge in [-0.05, 0) is 0 Å². The minimum atomic E-state index is -0.804. The molecule has 1 aliphatic heterocycles. The molecule has 0 saturated heterocycles. The van der Waals surface area contributed by atoms with Gasteiger partial charge in [0.05, 0.1) is 17.2 Å². The van der Waals surface area contributed by atoms with Crippen LogP contribution >= 0.6 is 0 Å². The molecule has 11 heavy (non-hydrogen) atoms. The van der Waals surface area contributed by atoms with Gasteiger partial charge in [0.15, 0.2) is 0 Å². The van der Waals surface area contributed by atoms with E-state index in [1.807, 2.05) is 0 Å². The SMILES string of the molecule is C=C(C#N)C1=CC(=O)OC1=O. The molecule has 0 bridgehead atoms. The summed E-state index contributed by atoms with van der Waals surface area (Å²) in [6.45, 7) is 3.26. The maximum absolute atomic E-state index is 10.7. The van der Waals surface area contributed by atoms with E-state index in [-0.39, 0.29) is 11.1 Å². The molecule has 0 aromatic carbocycles. The summed E-state index contributed by atoms with van der Waals surface area (Å²) in [4.78, 5) is 21.1. The van der Waals surface area contributed by atoms with E-state index in [9.17, 15) is 9.59 Å². The van der Waals surface area contributed by atoms with E-state index in [2.05, 4.69) is 11.3 Å². The second-order valence-corrected chi connectivity index (χ2v) is 1.86. The van der Waals surface area contributed by atoms with Crippen molar-refractivity contribution in [1.82, 2.24) is 0 Å². The molecule has 0 atom stereocenters. The van der Waals surface area contributed by atoms with Crippen LogP contribution < -0.4 is 0 Å². The van der Waals surface area contributed by atoms with E-state index in [1.165, 1.54) is 0 Å². The Balaban J connectivity index is 2.99. The minimum Gasteiger partial charge on any atom is -0.386 e. The van der Waals surface area contributed by atoms with Crippen LogP contribution in [-0.2, 0) is 14.3 Å². The Kier molecular flexibility index (Phi) is 1.57. The highest BCUT2D eigenvalue weighted by Gasteiger charge is 2.25. The van der Waals surface area contributed by atoms with Crippen LogP contribution in [0, 0.1) is 11.3 Å². The van der Waals surface area contributed by atoms with Crippen LogP contribution in [0.3, 0.4) is 0 Å². The summed E-state index contributed by atoms with van der Waals surface area (Å²) in [5.74, 6) is -1.55. The van der Waals surface area contributed by atoms with E-state index in [1.54, 1.807) is 6.07 Å². The molecule has 4 nitrogen and oxygen atoms in total. The van der Waals surface area contributed by atoms with Crippen LogP contribution in [0.5, 0.6) is 0 Å². The number of nitrogens with zero attached hydrogens (tertiary/aromatic N) is 1. The van der Waals surface area contributed by atoms with Crippen molar-refractivity contribution in [2.75, 3.05) is 0 Å². The zero-order chi connectivity index (χ0) is 8.43. The molecule has 1 rings (SSSR count). The van der Waals surface area contributed by atoms with Gasteiger partial charge in [-0.1, -0.05) is 6.58 Å². The number of cyclic esters (lactones) is 2. The van der Waals surface area contributed by atoms with Crippen LogP contribution in [-0.4, -0.2) is 11.9 Å². The average Bonchev–Trinajstić information content (AvgIpc) is 2.28. The summed E-state index contributed by atoms with van der Waals surface area (Å²) >= 11 is 0. The molecule has 0 aliphatic carbocycles. The number of hydrogen-bond donors (Lipinski definition) is 0. The zero-order valence-corrected chi connectivity index (χ0v) is 5.46. The van der Waals surface area contributed by atoms with Crippen molar-refractivity contribution in [2.45, 2.75) is 0 Å². The Morgan fingerprint density at radius 2 is 2.27 bits per heavy atom. The fraction of sp³-hybridized carbons (Fsp3) is 0. The van der Waals surface area contributed by atoms with E-state index in [4.69, 9.17) is 5.26 Å². The average molecular weight is 149 g/mol. The molecule has 1 aliphatic rings. The van der Waals surface area contributed by atoms with Crippen LogP contribution in [0.4, 0.5) is 0 Å². The van der Waals surface area contributed by atoms with Gasteiger partial charge in [-0.25, -0.2) is 9.59 Å². The molecule has 0 aromatic heterocycles. The van der Waals surface area contributed by atoms with E-state index in [0.29, 0.717) is 0 Å². The number of nitriles is 1. The number of rotatable bonds is 1. The van der Waals surface area contributed by atoms with Gasteiger partial charge < -0.3 is 4.74 Å². The topological polar surface area (TPSA) is 67.2 Å². The smallest absolute Gasteiger partial charge is 0.347 e.